The number of amides is 2. The van der Waals surface area contributed by atoms with Crippen LogP contribution in [0.25, 0.3) is 0 Å². The Morgan fingerprint density at radius 1 is 1.07 bits per heavy atom. The molecule has 5 atom stereocenters. The normalized spacial score (nSPS) is 31.2. The number of aliphatic hydroxyl groups is 2. The van der Waals surface area contributed by atoms with Crippen molar-refractivity contribution in [2.75, 3.05) is 0 Å². The Morgan fingerprint density at radius 3 is 2.33 bits per heavy atom. The highest BCUT2D eigenvalue weighted by molar-refractivity contribution is 5.97. The lowest BCUT2D eigenvalue weighted by molar-refractivity contribution is -0.151. The maximum atomic E-state index is 12.5. The summed E-state index contributed by atoms with van der Waals surface area (Å²) in [4.78, 5) is 26.4. The zero-order chi connectivity index (χ0) is 19.6. The number of hydrogen-bond acceptors (Lipinski definition) is 4. The Bertz CT molecular complexity index is 644. The summed E-state index contributed by atoms with van der Waals surface area (Å²) < 4.78 is 0. The third kappa shape index (κ3) is 4.77. The molecule has 2 fully saturated rings. The highest BCUT2D eigenvalue weighted by Crippen LogP contribution is 2.37. The molecule has 5 heteroatoms. The lowest BCUT2D eigenvalue weighted by atomic mass is 9.70. The third-order valence-electron chi connectivity index (χ3n) is 6.25. The first-order chi connectivity index (χ1) is 12.8. The van der Waals surface area contributed by atoms with Crippen molar-refractivity contribution < 1.29 is 19.8 Å². The molecule has 1 aromatic rings. The number of hydrogen-bond donors (Lipinski definition) is 2. The van der Waals surface area contributed by atoms with Gasteiger partial charge in [-0.1, -0.05) is 44.2 Å². The van der Waals surface area contributed by atoms with Gasteiger partial charge < -0.3 is 10.2 Å². The maximum Gasteiger partial charge on any atom is 0.229 e. The van der Waals surface area contributed by atoms with Crippen molar-refractivity contribution in [3.63, 3.8) is 0 Å². The second-order valence-corrected chi connectivity index (χ2v) is 8.64. The van der Waals surface area contributed by atoms with E-state index in [1.165, 1.54) is 4.90 Å². The molecule has 1 saturated heterocycles. The summed E-state index contributed by atoms with van der Waals surface area (Å²) in [6.45, 7) is 4.48. The molecule has 2 N–H and O–H groups in total. The fourth-order valence-corrected chi connectivity index (χ4v) is 4.83. The molecule has 1 aromatic carbocycles. The van der Waals surface area contributed by atoms with E-state index < -0.39 is 12.2 Å². The zero-order valence-corrected chi connectivity index (χ0v) is 16.3. The first-order valence-electron chi connectivity index (χ1n) is 10.1. The summed E-state index contributed by atoms with van der Waals surface area (Å²) >= 11 is 0. The van der Waals surface area contributed by atoms with E-state index in [4.69, 9.17) is 0 Å². The summed E-state index contributed by atoms with van der Waals surface area (Å²) in [6.07, 6.45) is 1.54. The molecule has 0 spiro atoms. The molecule has 1 heterocycles. The van der Waals surface area contributed by atoms with Crippen LogP contribution in [0.2, 0.25) is 0 Å². The molecule has 2 aliphatic rings. The fourth-order valence-electron chi connectivity index (χ4n) is 4.83. The van der Waals surface area contributed by atoms with E-state index >= 15 is 0 Å². The predicted molar refractivity (Wildman–Crippen MR) is 102 cm³/mol. The van der Waals surface area contributed by atoms with E-state index in [9.17, 15) is 19.8 Å². The molecular weight excluding hydrogens is 342 g/mol. The van der Waals surface area contributed by atoms with Crippen molar-refractivity contribution in [1.82, 2.24) is 4.90 Å². The average Bonchev–Trinajstić information content (AvgIpc) is 2.62. The number of piperidine rings is 1. The summed E-state index contributed by atoms with van der Waals surface area (Å²) in [7, 11) is 0. The SMILES string of the molecule is C[C@@H]1CC([C@H](O)CC2CC(=O)N(Cc3ccccc3)C(=O)C2)[C@H](O)[C@H](C)C1. The Labute approximate surface area is 161 Å². The van der Waals surface area contributed by atoms with Crippen LogP contribution in [0.15, 0.2) is 30.3 Å². The largest absolute Gasteiger partial charge is 0.393 e. The van der Waals surface area contributed by atoms with Gasteiger partial charge in [-0.25, -0.2) is 0 Å². The van der Waals surface area contributed by atoms with E-state index in [1.807, 2.05) is 37.3 Å². The lowest BCUT2D eigenvalue weighted by Crippen LogP contribution is -2.45. The van der Waals surface area contributed by atoms with Crippen LogP contribution < -0.4 is 0 Å². The van der Waals surface area contributed by atoms with Crippen LogP contribution in [-0.2, 0) is 16.1 Å². The molecule has 148 valence electrons. The van der Waals surface area contributed by atoms with Gasteiger partial charge in [0.1, 0.15) is 0 Å². The number of rotatable bonds is 5. The maximum absolute atomic E-state index is 12.5. The minimum absolute atomic E-state index is 0.147. The highest BCUT2D eigenvalue weighted by atomic mass is 16.3. The van der Waals surface area contributed by atoms with Gasteiger partial charge in [0.15, 0.2) is 0 Å². The highest BCUT2D eigenvalue weighted by Gasteiger charge is 2.39. The molecule has 0 radical (unpaired) electrons. The number of aliphatic hydroxyl groups excluding tert-OH is 2. The topological polar surface area (TPSA) is 77.8 Å². The quantitative estimate of drug-likeness (QED) is 0.778. The van der Waals surface area contributed by atoms with Crippen LogP contribution in [0, 0.1) is 23.7 Å². The lowest BCUT2D eigenvalue weighted by Gasteiger charge is -2.40. The Balaban J connectivity index is 1.58. The van der Waals surface area contributed by atoms with Crippen LogP contribution in [0.5, 0.6) is 0 Å². The fraction of sp³-hybridized carbons (Fsp3) is 0.636. The van der Waals surface area contributed by atoms with Crippen molar-refractivity contribution in [2.45, 2.75) is 64.7 Å². The molecule has 5 nitrogen and oxygen atoms in total. The van der Waals surface area contributed by atoms with Crippen molar-refractivity contribution in [2.24, 2.45) is 23.7 Å². The molecule has 2 amide bonds. The molecule has 27 heavy (non-hydrogen) atoms. The van der Waals surface area contributed by atoms with Gasteiger partial charge in [-0.3, -0.25) is 14.5 Å². The molecule has 1 aliphatic carbocycles. The number of carbonyl (C=O) groups excluding carboxylic acids is 2. The molecule has 1 saturated carbocycles. The smallest absolute Gasteiger partial charge is 0.229 e. The Morgan fingerprint density at radius 2 is 1.70 bits per heavy atom. The van der Waals surface area contributed by atoms with E-state index in [0.717, 1.165) is 18.4 Å². The molecule has 0 bridgehead atoms. The van der Waals surface area contributed by atoms with Gasteiger partial charge in [0.25, 0.3) is 0 Å². The van der Waals surface area contributed by atoms with Gasteiger partial charge in [-0.05, 0) is 42.6 Å². The number of likely N-dealkylation sites (tertiary alicyclic amines) is 1. The first-order valence-corrected chi connectivity index (χ1v) is 10.1. The Hall–Kier alpha value is -1.72. The van der Waals surface area contributed by atoms with Crippen LogP contribution in [0.1, 0.15) is 51.5 Å². The van der Waals surface area contributed by atoms with E-state index in [1.54, 1.807) is 0 Å². The summed E-state index contributed by atoms with van der Waals surface area (Å²) in [5.41, 5.74) is 0.936. The Kier molecular flexibility index (Phi) is 6.33. The van der Waals surface area contributed by atoms with Crippen molar-refractivity contribution in [1.29, 1.82) is 0 Å². The van der Waals surface area contributed by atoms with E-state index in [2.05, 4.69) is 6.92 Å². The van der Waals surface area contributed by atoms with Crippen molar-refractivity contribution >= 4 is 11.8 Å². The number of nitrogens with zero attached hydrogens (tertiary/aromatic N) is 1. The summed E-state index contributed by atoms with van der Waals surface area (Å²) in [5, 5.41) is 21.2. The van der Waals surface area contributed by atoms with Gasteiger partial charge in [0, 0.05) is 18.8 Å². The van der Waals surface area contributed by atoms with Crippen LogP contribution >= 0.6 is 0 Å². The van der Waals surface area contributed by atoms with Gasteiger partial charge in [0.05, 0.1) is 18.8 Å². The zero-order valence-electron chi connectivity index (χ0n) is 16.3. The molecule has 1 aliphatic heterocycles. The second kappa shape index (κ2) is 8.53. The molecular formula is C22H31NO4. The van der Waals surface area contributed by atoms with Gasteiger partial charge >= 0.3 is 0 Å². The van der Waals surface area contributed by atoms with Crippen LogP contribution in [0.3, 0.4) is 0 Å². The van der Waals surface area contributed by atoms with Crippen LogP contribution in [0.4, 0.5) is 0 Å². The third-order valence-corrected chi connectivity index (χ3v) is 6.25. The minimum atomic E-state index is -0.670. The average molecular weight is 373 g/mol. The summed E-state index contributed by atoms with van der Waals surface area (Å²) in [6, 6.07) is 9.50. The minimum Gasteiger partial charge on any atom is -0.393 e. The first kappa shape index (κ1) is 20.0. The second-order valence-electron chi connectivity index (χ2n) is 8.64. The van der Waals surface area contributed by atoms with Crippen molar-refractivity contribution in [3.8, 4) is 0 Å². The van der Waals surface area contributed by atoms with E-state index in [-0.39, 0.29) is 42.4 Å². The summed E-state index contributed by atoms with van der Waals surface area (Å²) in [5.74, 6) is -0.0112. The predicted octanol–water partition coefficient (Wildman–Crippen LogP) is 2.75. The molecule has 0 aromatic heterocycles. The van der Waals surface area contributed by atoms with Gasteiger partial charge in [0.2, 0.25) is 11.8 Å². The number of carbonyl (C=O) groups is 2. The number of imide groups is 1. The van der Waals surface area contributed by atoms with Crippen LogP contribution in [-0.4, -0.2) is 39.1 Å². The van der Waals surface area contributed by atoms with E-state index in [0.29, 0.717) is 18.9 Å². The molecule has 3 rings (SSSR count). The molecule has 1 unspecified atom stereocenters. The van der Waals surface area contributed by atoms with Crippen molar-refractivity contribution in [3.05, 3.63) is 35.9 Å². The van der Waals surface area contributed by atoms with Gasteiger partial charge in [-0.15, -0.1) is 0 Å². The number of benzene rings is 1. The van der Waals surface area contributed by atoms with Gasteiger partial charge in [-0.2, -0.15) is 0 Å². The standard InChI is InChI=1S/C22H31NO4/c1-14-8-15(2)22(27)18(9-14)19(24)10-17-11-20(25)23(21(26)12-17)13-16-6-4-3-5-7-16/h3-7,14-15,17-19,22,24,27H,8-13H2,1-2H3/t14-,15+,18?,19+,22+/m0/s1. The monoisotopic (exact) mass is 373 g/mol.